The number of amides is 2. The number of urea groups is 1. The molecule has 1 atom stereocenters. The van der Waals surface area contributed by atoms with Gasteiger partial charge in [-0.15, -0.1) is 0 Å². The number of carbonyl (C=O) groups excluding carboxylic acids is 1. The zero-order valence-corrected chi connectivity index (χ0v) is 8.91. The number of rotatable bonds is 5. The molecule has 5 heteroatoms. The maximum atomic E-state index is 11.4. The zero-order chi connectivity index (χ0) is 11.1. The molecule has 0 aliphatic heterocycles. The van der Waals surface area contributed by atoms with E-state index in [9.17, 15) is 9.59 Å². The Balaban J connectivity index is 4.10. The van der Waals surface area contributed by atoms with Gasteiger partial charge in [0.1, 0.15) is 6.54 Å². The molecule has 0 aromatic heterocycles. The second-order valence-corrected chi connectivity index (χ2v) is 3.17. The standard InChI is InChI=1S/C9H18N2O3/c1-4-7(3)10-9(14)11(5-2)6-8(12)13/h7H,4-6H2,1-3H3,(H,10,14)(H,12,13). The summed E-state index contributed by atoms with van der Waals surface area (Å²) in [5.41, 5.74) is 0. The Morgan fingerprint density at radius 3 is 2.36 bits per heavy atom. The Labute approximate surface area is 84.1 Å². The van der Waals surface area contributed by atoms with Gasteiger partial charge in [0.05, 0.1) is 0 Å². The van der Waals surface area contributed by atoms with Crippen molar-refractivity contribution in [3.8, 4) is 0 Å². The van der Waals surface area contributed by atoms with Gasteiger partial charge in [-0.05, 0) is 20.3 Å². The Bertz CT molecular complexity index is 206. The average molecular weight is 202 g/mol. The molecule has 1 unspecified atom stereocenters. The summed E-state index contributed by atoms with van der Waals surface area (Å²) in [5, 5.41) is 11.2. The number of hydrogen-bond acceptors (Lipinski definition) is 2. The number of hydrogen-bond donors (Lipinski definition) is 2. The number of nitrogens with zero attached hydrogens (tertiary/aromatic N) is 1. The third-order valence-corrected chi connectivity index (χ3v) is 1.98. The number of carbonyl (C=O) groups is 2. The highest BCUT2D eigenvalue weighted by Crippen LogP contribution is 1.93. The van der Waals surface area contributed by atoms with Crippen molar-refractivity contribution in [2.75, 3.05) is 13.1 Å². The monoisotopic (exact) mass is 202 g/mol. The van der Waals surface area contributed by atoms with Crippen LogP contribution in [0.1, 0.15) is 27.2 Å². The Morgan fingerprint density at radius 2 is 2.00 bits per heavy atom. The summed E-state index contributed by atoms with van der Waals surface area (Å²) in [4.78, 5) is 23.1. The van der Waals surface area contributed by atoms with Crippen molar-refractivity contribution in [2.24, 2.45) is 0 Å². The fraction of sp³-hybridized carbons (Fsp3) is 0.778. The van der Waals surface area contributed by atoms with E-state index in [-0.39, 0.29) is 18.6 Å². The molecule has 5 nitrogen and oxygen atoms in total. The van der Waals surface area contributed by atoms with Crippen molar-refractivity contribution in [1.29, 1.82) is 0 Å². The van der Waals surface area contributed by atoms with Gasteiger partial charge < -0.3 is 15.3 Å². The summed E-state index contributed by atoms with van der Waals surface area (Å²) >= 11 is 0. The maximum Gasteiger partial charge on any atom is 0.323 e. The van der Waals surface area contributed by atoms with Gasteiger partial charge in [0.15, 0.2) is 0 Å². The van der Waals surface area contributed by atoms with E-state index in [1.165, 1.54) is 4.90 Å². The van der Waals surface area contributed by atoms with Crippen LogP contribution in [0.2, 0.25) is 0 Å². The Morgan fingerprint density at radius 1 is 1.43 bits per heavy atom. The van der Waals surface area contributed by atoms with Gasteiger partial charge in [-0.2, -0.15) is 0 Å². The van der Waals surface area contributed by atoms with Crippen molar-refractivity contribution >= 4 is 12.0 Å². The lowest BCUT2D eigenvalue weighted by atomic mass is 10.3. The summed E-state index contributed by atoms with van der Waals surface area (Å²) < 4.78 is 0. The second-order valence-electron chi connectivity index (χ2n) is 3.17. The molecule has 0 aromatic rings. The van der Waals surface area contributed by atoms with Gasteiger partial charge in [-0.25, -0.2) is 4.79 Å². The molecule has 0 saturated heterocycles. The number of likely N-dealkylation sites (N-methyl/N-ethyl adjacent to an activating group) is 1. The van der Waals surface area contributed by atoms with Gasteiger partial charge in [0.25, 0.3) is 0 Å². The van der Waals surface area contributed by atoms with Crippen molar-refractivity contribution in [1.82, 2.24) is 10.2 Å². The van der Waals surface area contributed by atoms with Crippen LogP contribution in [0.15, 0.2) is 0 Å². The lowest BCUT2D eigenvalue weighted by Gasteiger charge is -2.21. The predicted octanol–water partition coefficient (Wildman–Crippen LogP) is 0.901. The van der Waals surface area contributed by atoms with Crippen LogP contribution in [0.4, 0.5) is 4.79 Å². The minimum atomic E-state index is -0.994. The molecule has 14 heavy (non-hydrogen) atoms. The third kappa shape index (κ3) is 4.69. The van der Waals surface area contributed by atoms with E-state index in [1.807, 2.05) is 13.8 Å². The second kappa shape index (κ2) is 6.23. The molecule has 0 bridgehead atoms. The van der Waals surface area contributed by atoms with Crippen molar-refractivity contribution < 1.29 is 14.7 Å². The van der Waals surface area contributed by atoms with Gasteiger partial charge in [0, 0.05) is 12.6 Å². The van der Waals surface area contributed by atoms with Crippen LogP contribution in [-0.4, -0.2) is 41.1 Å². The molecule has 0 saturated carbocycles. The van der Waals surface area contributed by atoms with E-state index in [0.29, 0.717) is 6.54 Å². The van der Waals surface area contributed by atoms with Gasteiger partial charge in [0.2, 0.25) is 0 Å². The highest BCUT2D eigenvalue weighted by atomic mass is 16.4. The molecule has 0 rings (SSSR count). The summed E-state index contributed by atoms with van der Waals surface area (Å²) in [5.74, 6) is -0.994. The summed E-state index contributed by atoms with van der Waals surface area (Å²) in [6, 6.07) is -0.241. The van der Waals surface area contributed by atoms with Crippen LogP contribution < -0.4 is 5.32 Å². The molecule has 2 N–H and O–H groups in total. The largest absolute Gasteiger partial charge is 0.480 e. The highest BCUT2D eigenvalue weighted by molar-refractivity contribution is 5.80. The van der Waals surface area contributed by atoms with E-state index in [4.69, 9.17) is 5.11 Å². The Hall–Kier alpha value is -1.26. The predicted molar refractivity (Wildman–Crippen MR) is 53.2 cm³/mol. The molecule has 0 aliphatic carbocycles. The van der Waals surface area contributed by atoms with Gasteiger partial charge >= 0.3 is 12.0 Å². The highest BCUT2D eigenvalue weighted by Gasteiger charge is 2.15. The molecule has 0 spiro atoms. The lowest BCUT2D eigenvalue weighted by molar-refractivity contribution is -0.137. The molecular formula is C9H18N2O3. The smallest absolute Gasteiger partial charge is 0.323 e. The van der Waals surface area contributed by atoms with Crippen LogP contribution in [0.25, 0.3) is 0 Å². The molecule has 0 aliphatic rings. The SMILES string of the molecule is CCC(C)NC(=O)N(CC)CC(=O)O. The third-order valence-electron chi connectivity index (χ3n) is 1.98. The molecule has 0 fully saturated rings. The first-order valence-corrected chi connectivity index (χ1v) is 4.78. The van der Waals surface area contributed by atoms with Crippen LogP contribution in [0.5, 0.6) is 0 Å². The summed E-state index contributed by atoms with van der Waals surface area (Å²) in [6.45, 7) is 5.73. The van der Waals surface area contributed by atoms with Crippen LogP contribution in [-0.2, 0) is 4.79 Å². The number of carboxylic acid groups (broad SMARTS) is 1. The molecule has 82 valence electrons. The number of carboxylic acids is 1. The van der Waals surface area contributed by atoms with Crippen LogP contribution >= 0.6 is 0 Å². The first kappa shape index (κ1) is 12.7. The van der Waals surface area contributed by atoms with E-state index in [0.717, 1.165) is 6.42 Å². The molecule has 0 radical (unpaired) electrons. The molecule has 0 heterocycles. The first-order valence-electron chi connectivity index (χ1n) is 4.78. The summed E-state index contributed by atoms with van der Waals surface area (Å²) in [6.07, 6.45) is 0.830. The van der Waals surface area contributed by atoms with Gasteiger partial charge in [-0.3, -0.25) is 4.79 Å². The first-order chi connectivity index (χ1) is 6.51. The van der Waals surface area contributed by atoms with Crippen molar-refractivity contribution in [2.45, 2.75) is 33.2 Å². The minimum Gasteiger partial charge on any atom is -0.480 e. The van der Waals surface area contributed by atoms with Crippen LogP contribution in [0.3, 0.4) is 0 Å². The van der Waals surface area contributed by atoms with Gasteiger partial charge in [-0.1, -0.05) is 6.92 Å². The van der Waals surface area contributed by atoms with E-state index >= 15 is 0 Å². The van der Waals surface area contributed by atoms with Crippen LogP contribution in [0, 0.1) is 0 Å². The Kier molecular flexibility index (Phi) is 5.67. The normalized spacial score (nSPS) is 11.9. The molecule has 0 aromatic carbocycles. The molecule has 2 amide bonds. The number of aliphatic carboxylic acids is 1. The van der Waals surface area contributed by atoms with E-state index in [1.54, 1.807) is 6.92 Å². The molecular weight excluding hydrogens is 184 g/mol. The maximum absolute atomic E-state index is 11.4. The average Bonchev–Trinajstić information content (AvgIpc) is 2.13. The zero-order valence-electron chi connectivity index (χ0n) is 8.91. The number of nitrogens with one attached hydrogen (secondary N) is 1. The lowest BCUT2D eigenvalue weighted by Crippen LogP contribution is -2.45. The van der Waals surface area contributed by atoms with Crippen molar-refractivity contribution in [3.05, 3.63) is 0 Å². The van der Waals surface area contributed by atoms with E-state index < -0.39 is 5.97 Å². The summed E-state index contributed by atoms with van der Waals surface area (Å²) in [7, 11) is 0. The quantitative estimate of drug-likeness (QED) is 0.696. The van der Waals surface area contributed by atoms with E-state index in [2.05, 4.69) is 5.32 Å². The van der Waals surface area contributed by atoms with Crippen molar-refractivity contribution in [3.63, 3.8) is 0 Å². The fourth-order valence-corrected chi connectivity index (χ4v) is 0.895. The topological polar surface area (TPSA) is 69.6 Å². The minimum absolute atomic E-state index is 0.0744. The fourth-order valence-electron chi connectivity index (χ4n) is 0.895.